The number of anilines is 1. The third-order valence-electron chi connectivity index (χ3n) is 5.50. The van der Waals surface area contributed by atoms with Crippen LogP contribution in [0.1, 0.15) is 43.9 Å². The van der Waals surface area contributed by atoms with E-state index in [0.29, 0.717) is 0 Å². The van der Waals surface area contributed by atoms with Gasteiger partial charge >= 0.3 is 0 Å². The summed E-state index contributed by atoms with van der Waals surface area (Å²) in [6, 6.07) is 27.4. The molecule has 0 unspecified atom stereocenters. The molecule has 28 heavy (non-hydrogen) atoms. The topological polar surface area (TPSA) is 15.6 Å². The number of benzene rings is 3. The first-order valence-corrected chi connectivity index (χ1v) is 9.96. The minimum Gasteiger partial charge on any atom is -0.329 e. The Morgan fingerprint density at radius 1 is 0.857 bits per heavy atom. The Morgan fingerprint density at radius 3 is 2.11 bits per heavy atom. The fraction of sp³-hybridized carbons (Fsp3) is 0.269. The van der Waals surface area contributed by atoms with Crippen molar-refractivity contribution in [1.29, 1.82) is 0 Å². The van der Waals surface area contributed by atoms with Crippen LogP contribution in [0.3, 0.4) is 0 Å². The Balaban J connectivity index is 2.14. The lowest BCUT2D eigenvalue weighted by Crippen LogP contribution is -2.30. The van der Waals surface area contributed by atoms with Crippen LogP contribution >= 0.6 is 0 Å². The van der Waals surface area contributed by atoms with Crippen LogP contribution in [-0.2, 0) is 5.41 Å². The molecule has 0 fully saturated rings. The highest BCUT2D eigenvalue weighted by molar-refractivity contribution is 6.11. The number of para-hydroxylation sites is 2. The van der Waals surface area contributed by atoms with Crippen molar-refractivity contribution in [3.8, 4) is 0 Å². The molecule has 0 radical (unpaired) electrons. The Kier molecular flexibility index (Phi) is 5.99. The third kappa shape index (κ3) is 4.33. The van der Waals surface area contributed by atoms with Gasteiger partial charge in [0.1, 0.15) is 5.84 Å². The van der Waals surface area contributed by atoms with E-state index in [2.05, 4.69) is 88.2 Å². The monoisotopic (exact) mass is 370 g/mol. The van der Waals surface area contributed by atoms with Crippen LogP contribution in [0.15, 0.2) is 83.9 Å². The normalized spacial score (nSPS) is 12.1. The summed E-state index contributed by atoms with van der Waals surface area (Å²) in [4.78, 5) is 7.25. The lowest BCUT2D eigenvalue weighted by molar-refractivity contribution is 0.507. The molecule has 0 heterocycles. The minimum atomic E-state index is 0.0932. The quantitative estimate of drug-likeness (QED) is 0.352. The number of hydrogen-bond donors (Lipinski definition) is 0. The zero-order valence-electron chi connectivity index (χ0n) is 17.6. The van der Waals surface area contributed by atoms with E-state index in [0.717, 1.165) is 23.5 Å². The van der Waals surface area contributed by atoms with Gasteiger partial charge < -0.3 is 4.90 Å². The predicted octanol–water partition coefficient (Wildman–Crippen LogP) is 6.90. The molecule has 0 aliphatic rings. The van der Waals surface area contributed by atoms with Gasteiger partial charge in [0, 0.05) is 18.3 Å². The van der Waals surface area contributed by atoms with Crippen molar-refractivity contribution in [2.45, 2.75) is 39.5 Å². The summed E-state index contributed by atoms with van der Waals surface area (Å²) >= 11 is 0. The Labute approximate surface area is 169 Å². The molecule has 0 bridgehead atoms. The third-order valence-corrected chi connectivity index (χ3v) is 5.50. The first-order chi connectivity index (χ1) is 13.4. The van der Waals surface area contributed by atoms with E-state index in [1.807, 2.05) is 30.3 Å². The molecule has 144 valence electrons. The molecule has 3 rings (SSSR count). The predicted molar refractivity (Wildman–Crippen MR) is 122 cm³/mol. The van der Waals surface area contributed by atoms with Crippen LogP contribution in [-0.4, -0.2) is 12.9 Å². The van der Waals surface area contributed by atoms with Gasteiger partial charge in [0.25, 0.3) is 0 Å². The largest absolute Gasteiger partial charge is 0.329 e. The van der Waals surface area contributed by atoms with E-state index >= 15 is 0 Å². The van der Waals surface area contributed by atoms with Gasteiger partial charge in [0.2, 0.25) is 0 Å². The zero-order chi connectivity index (χ0) is 20.1. The fourth-order valence-electron chi connectivity index (χ4n) is 3.30. The van der Waals surface area contributed by atoms with Crippen LogP contribution in [0, 0.1) is 6.92 Å². The summed E-state index contributed by atoms with van der Waals surface area (Å²) in [7, 11) is 2.12. The van der Waals surface area contributed by atoms with Crippen molar-refractivity contribution >= 4 is 17.2 Å². The summed E-state index contributed by atoms with van der Waals surface area (Å²) in [5, 5.41) is 0. The maximum Gasteiger partial charge on any atom is 0.140 e. The summed E-state index contributed by atoms with van der Waals surface area (Å²) in [6.07, 6.45) is 1.08. The van der Waals surface area contributed by atoms with E-state index in [-0.39, 0.29) is 5.41 Å². The summed E-state index contributed by atoms with van der Waals surface area (Å²) in [5.41, 5.74) is 5.95. The van der Waals surface area contributed by atoms with Gasteiger partial charge in [-0.1, -0.05) is 87.0 Å². The number of hydrogen-bond acceptors (Lipinski definition) is 1. The fourth-order valence-corrected chi connectivity index (χ4v) is 3.30. The van der Waals surface area contributed by atoms with E-state index in [1.165, 1.54) is 16.8 Å². The maximum atomic E-state index is 5.03. The number of aryl methyl sites for hydroxylation is 1. The molecule has 2 nitrogen and oxygen atoms in total. The number of amidine groups is 1. The van der Waals surface area contributed by atoms with Crippen molar-refractivity contribution in [2.24, 2.45) is 4.99 Å². The van der Waals surface area contributed by atoms with Crippen molar-refractivity contribution < 1.29 is 0 Å². The lowest BCUT2D eigenvalue weighted by Gasteiger charge is -2.31. The highest BCUT2D eigenvalue weighted by atomic mass is 15.2. The molecule has 0 spiro atoms. The van der Waals surface area contributed by atoms with E-state index in [4.69, 9.17) is 4.99 Å². The van der Waals surface area contributed by atoms with Crippen molar-refractivity contribution in [2.75, 3.05) is 11.9 Å². The lowest BCUT2D eigenvalue weighted by atomic mass is 9.81. The standard InChI is InChI=1S/C26H30N2/c1-6-26(3,4)23-14-10-11-15-24(23)28(5)25(21-18-16-20(2)17-19-21)27-22-12-8-7-9-13-22/h7-19H,6H2,1-5H3/b27-25+. The Bertz CT molecular complexity index is 938. The molecule has 0 saturated carbocycles. The maximum absolute atomic E-state index is 5.03. The average molecular weight is 371 g/mol. The van der Waals surface area contributed by atoms with E-state index < -0.39 is 0 Å². The zero-order valence-corrected chi connectivity index (χ0v) is 17.6. The van der Waals surface area contributed by atoms with Gasteiger partial charge in [-0.05, 0) is 42.5 Å². The van der Waals surface area contributed by atoms with Gasteiger partial charge in [-0.3, -0.25) is 0 Å². The van der Waals surface area contributed by atoms with E-state index in [1.54, 1.807) is 0 Å². The highest BCUT2D eigenvalue weighted by Crippen LogP contribution is 2.35. The number of nitrogens with zero attached hydrogens (tertiary/aromatic N) is 2. The molecule has 0 aliphatic carbocycles. The molecule has 0 amide bonds. The average Bonchev–Trinajstić information content (AvgIpc) is 2.73. The van der Waals surface area contributed by atoms with Crippen molar-refractivity contribution in [3.63, 3.8) is 0 Å². The summed E-state index contributed by atoms with van der Waals surface area (Å²) in [5.74, 6) is 0.950. The van der Waals surface area contributed by atoms with Crippen molar-refractivity contribution in [3.05, 3.63) is 95.6 Å². The molecule has 0 atom stereocenters. The second-order valence-corrected chi connectivity index (χ2v) is 7.95. The van der Waals surface area contributed by atoms with Gasteiger partial charge in [0.05, 0.1) is 5.69 Å². The SMILES string of the molecule is CCC(C)(C)c1ccccc1N(C)/C(=N/c1ccccc1)c1ccc(C)cc1. The summed E-state index contributed by atoms with van der Waals surface area (Å²) in [6.45, 7) is 8.97. The second-order valence-electron chi connectivity index (χ2n) is 7.95. The molecule has 0 N–H and O–H groups in total. The van der Waals surface area contributed by atoms with Crippen LogP contribution in [0.25, 0.3) is 0 Å². The van der Waals surface area contributed by atoms with Gasteiger partial charge in [-0.2, -0.15) is 0 Å². The van der Waals surface area contributed by atoms with Crippen LogP contribution in [0.5, 0.6) is 0 Å². The number of aliphatic imine (C=N–C) groups is 1. The molecular weight excluding hydrogens is 340 g/mol. The van der Waals surface area contributed by atoms with E-state index in [9.17, 15) is 0 Å². The van der Waals surface area contributed by atoms with Gasteiger partial charge in [0.15, 0.2) is 0 Å². The highest BCUT2D eigenvalue weighted by Gasteiger charge is 2.24. The molecule has 0 saturated heterocycles. The molecule has 3 aromatic carbocycles. The Hall–Kier alpha value is -2.87. The van der Waals surface area contributed by atoms with Crippen molar-refractivity contribution in [1.82, 2.24) is 0 Å². The molecule has 0 aromatic heterocycles. The number of rotatable bonds is 5. The first-order valence-electron chi connectivity index (χ1n) is 9.96. The van der Waals surface area contributed by atoms with Crippen LogP contribution in [0.2, 0.25) is 0 Å². The Morgan fingerprint density at radius 2 is 1.46 bits per heavy atom. The molecular formula is C26H30N2. The molecule has 0 aliphatic heterocycles. The first kappa shape index (κ1) is 19.9. The van der Waals surface area contributed by atoms with Gasteiger partial charge in [-0.15, -0.1) is 0 Å². The van der Waals surface area contributed by atoms with Crippen LogP contribution < -0.4 is 4.90 Å². The second kappa shape index (κ2) is 8.43. The van der Waals surface area contributed by atoms with Crippen LogP contribution in [0.4, 0.5) is 11.4 Å². The smallest absolute Gasteiger partial charge is 0.140 e. The van der Waals surface area contributed by atoms with Gasteiger partial charge in [-0.25, -0.2) is 4.99 Å². The molecule has 2 heteroatoms. The minimum absolute atomic E-state index is 0.0932. The molecule has 3 aromatic rings. The summed E-state index contributed by atoms with van der Waals surface area (Å²) < 4.78 is 0.